The normalized spacial score (nSPS) is 28.0. The molecule has 1 aromatic rings. The first-order chi connectivity index (χ1) is 11.0. The molecular formula is C18H23BrN2O2. The predicted molar refractivity (Wildman–Crippen MR) is 94.2 cm³/mol. The first kappa shape index (κ1) is 16.5. The van der Waals surface area contributed by atoms with Gasteiger partial charge in [-0.05, 0) is 43.0 Å². The Morgan fingerprint density at radius 2 is 1.91 bits per heavy atom. The van der Waals surface area contributed by atoms with Crippen molar-refractivity contribution >= 4 is 33.4 Å². The average Bonchev–Trinajstić information content (AvgIpc) is 2.92. The van der Waals surface area contributed by atoms with E-state index >= 15 is 0 Å². The molecule has 124 valence electrons. The minimum atomic E-state index is -0.236. The first-order valence-corrected chi connectivity index (χ1v) is 9.20. The van der Waals surface area contributed by atoms with Crippen LogP contribution in [0.1, 0.15) is 39.0 Å². The van der Waals surface area contributed by atoms with Crippen LogP contribution in [0.2, 0.25) is 0 Å². The van der Waals surface area contributed by atoms with Gasteiger partial charge in [-0.25, -0.2) is 0 Å². The number of anilines is 1. The van der Waals surface area contributed by atoms with Gasteiger partial charge in [0.15, 0.2) is 0 Å². The van der Waals surface area contributed by atoms with Crippen molar-refractivity contribution in [2.75, 3.05) is 11.4 Å². The average molecular weight is 379 g/mol. The van der Waals surface area contributed by atoms with Crippen molar-refractivity contribution in [1.29, 1.82) is 0 Å². The lowest BCUT2D eigenvalue weighted by Crippen LogP contribution is -2.44. The van der Waals surface area contributed by atoms with Crippen molar-refractivity contribution in [3.63, 3.8) is 0 Å². The van der Waals surface area contributed by atoms with Crippen molar-refractivity contribution in [2.24, 2.45) is 11.8 Å². The summed E-state index contributed by atoms with van der Waals surface area (Å²) in [5.41, 5.74) is 0.861. The molecule has 1 heterocycles. The zero-order valence-electron chi connectivity index (χ0n) is 13.4. The van der Waals surface area contributed by atoms with Crippen LogP contribution in [-0.4, -0.2) is 24.4 Å². The molecule has 1 N–H and O–H groups in total. The van der Waals surface area contributed by atoms with Crippen LogP contribution in [0.3, 0.4) is 0 Å². The molecule has 5 heteroatoms. The highest BCUT2D eigenvalue weighted by atomic mass is 79.9. The number of benzene rings is 1. The fourth-order valence-electron chi connectivity index (χ4n) is 3.59. The fraction of sp³-hybridized carbons (Fsp3) is 0.556. The second-order valence-corrected chi connectivity index (χ2v) is 7.67. The molecule has 1 aliphatic carbocycles. The highest BCUT2D eigenvalue weighted by Crippen LogP contribution is 2.28. The number of nitrogens with zero attached hydrogens (tertiary/aromatic N) is 1. The minimum absolute atomic E-state index is 0.0316. The number of nitrogens with one attached hydrogen (secondary N) is 1. The van der Waals surface area contributed by atoms with Crippen LogP contribution in [-0.2, 0) is 9.59 Å². The molecule has 0 unspecified atom stereocenters. The monoisotopic (exact) mass is 378 g/mol. The van der Waals surface area contributed by atoms with Crippen LogP contribution >= 0.6 is 15.9 Å². The molecule has 0 radical (unpaired) electrons. The van der Waals surface area contributed by atoms with Crippen molar-refractivity contribution in [3.05, 3.63) is 28.7 Å². The van der Waals surface area contributed by atoms with Gasteiger partial charge in [0.1, 0.15) is 0 Å². The summed E-state index contributed by atoms with van der Waals surface area (Å²) >= 11 is 3.40. The summed E-state index contributed by atoms with van der Waals surface area (Å²) in [6, 6.07) is 7.92. The molecule has 2 amide bonds. The van der Waals surface area contributed by atoms with Crippen molar-refractivity contribution in [1.82, 2.24) is 5.32 Å². The van der Waals surface area contributed by atoms with Crippen molar-refractivity contribution in [3.8, 4) is 0 Å². The zero-order valence-corrected chi connectivity index (χ0v) is 15.0. The summed E-state index contributed by atoms with van der Waals surface area (Å²) < 4.78 is 0.980. The van der Waals surface area contributed by atoms with Crippen LogP contribution in [0.5, 0.6) is 0 Å². The summed E-state index contributed by atoms with van der Waals surface area (Å²) in [6.45, 7) is 2.69. The Hall–Kier alpha value is -1.36. The molecule has 2 aliphatic rings. The molecule has 3 rings (SSSR count). The number of hydrogen-bond acceptors (Lipinski definition) is 2. The quantitative estimate of drug-likeness (QED) is 0.874. The second kappa shape index (κ2) is 7.04. The fourth-order valence-corrected chi connectivity index (χ4v) is 3.85. The Balaban J connectivity index is 1.62. The largest absolute Gasteiger partial charge is 0.353 e. The molecule has 1 saturated heterocycles. The standard InChI is InChI=1S/C18H23BrN2O2/c1-12-4-2-3-5-16(12)20-18(23)13-10-17(22)21(11-13)15-8-6-14(19)7-9-15/h6-9,12-13,16H,2-5,10-11H2,1H3,(H,20,23)/t12-,13-,16+/m1/s1. The van der Waals surface area contributed by atoms with E-state index in [0.29, 0.717) is 18.9 Å². The van der Waals surface area contributed by atoms with Gasteiger partial charge in [0, 0.05) is 29.2 Å². The van der Waals surface area contributed by atoms with E-state index in [2.05, 4.69) is 28.2 Å². The van der Waals surface area contributed by atoms with Crippen LogP contribution in [0, 0.1) is 11.8 Å². The predicted octanol–water partition coefficient (Wildman–Crippen LogP) is 3.50. The van der Waals surface area contributed by atoms with E-state index in [1.165, 1.54) is 19.3 Å². The molecule has 1 aromatic carbocycles. The van der Waals surface area contributed by atoms with Gasteiger partial charge in [-0.3, -0.25) is 9.59 Å². The second-order valence-electron chi connectivity index (χ2n) is 6.76. The summed E-state index contributed by atoms with van der Waals surface area (Å²) in [5, 5.41) is 3.19. The number of carbonyl (C=O) groups excluding carboxylic acids is 2. The van der Waals surface area contributed by atoms with Gasteiger partial charge in [0.05, 0.1) is 5.92 Å². The van der Waals surface area contributed by atoms with Gasteiger partial charge >= 0.3 is 0 Å². The van der Waals surface area contributed by atoms with Crippen molar-refractivity contribution < 1.29 is 9.59 Å². The van der Waals surface area contributed by atoms with E-state index in [-0.39, 0.29) is 23.8 Å². The highest BCUT2D eigenvalue weighted by molar-refractivity contribution is 9.10. The summed E-state index contributed by atoms with van der Waals surface area (Å²) in [7, 11) is 0. The van der Waals surface area contributed by atoms with Gasteiger partial charge in [0.25, 0.3) is 0 Å². The van der Waals surface area contributed by atoms with Crippen molar-refractivity contribution in [2.45, 2.75) is 45.1 Å². The minimum Gasteiger partial charge on any atom is -0.353 e. The van der Waals surface area contributed by atoms with Gasteiger partial charge in [-0.15, -0.1) is 0 Å². The Labute approximate surface area is 145 Å². The molecular weight excluding hydrogens is 356 g/mol. The molecule has 4 nitrogen and oxygen atoms in total. The third-order valence-electron chi connectivity index (χ3n) is 5.07. The third kappa shape index (κ3) is 3.77. The summed E-state index contributed by atoms with van der Waals surface area (Å²) in [4.78, 5) is 26.5. The molecule has 2 fully saturated rings. The topological polar surface area (TPSA) is 49.4 Å². The number of hydrogen-bond donors (Lipinski definition) is 1. The molecule has 0 spiro atoms. The van der Waals surface area contributed by atoms with Crippen LogP contribution < -0.4 is 10.2 Å². The van der Waals surface area contributed by atoms with E-state index in [4.69, 9.17) is 0 Å². The smallest absolute Gasteiger partial charge is 0.227 e. The zero-order chi connectivity index (χ0) is 16.4. The number of rotatable bonds is 3. The molecule has 0 aromatic heterocycles. The van der Waals surface area contributed by atoms with E-state index < -0.39 is 0 Å². The van der Waals surface area contributed by atoms with Gasteiger partial charge in [-0.2, -0.15) is 0 Å². The van der Waals surface area contributed by atoms with Gasteiger partial charge < -0.3 is 10.2 Å². The van der Waals surface area contributed by atoms with Crippen LogP contribution in [0.25, 0.3) is 0 Å². The van der Waals surface area contributed by atoms with Gasteiger partial charge in [-0.1, -0.05) is 35.7 Å². The molecule has 1 aliphatic heterocycles. The lowest BCUT2D eigenvalue weighted by molar-refractivity contribution is -0.127. The van der Waals surface area contributed by atoms with E-state index in [0.717, 1.165) is 16.6 Å². The van der Waals surface area contributed by atoms with E-state index in [9.17, 15) is 9.59 Å². The first-order valence-electron chi connectivity index (χ1n) is 8.41. The summed E-state index contributed by atoms with van der Waals surface area (Å²) in [5.74, 6) is 0.369. The number of amides is 2. The maximum absolute atomic E-state index is 12.5. The maximum atomic E-state index is 12.5. The Bertz CT molecular complexity index is 587. The van der Waals surface area contributed by atoms with Gasteiger partial charge in [0.2, 0.25) is 11.8 Å². The number of carbonyl (C=O) groups is 2. The molecule has 1 saturated carbocycles. The lowest BCUT2D eigenvalue weighted by Gasteiger charge is -2.30. The summed E-state index contributed by atoms with van der Waals surface area (Å²) in [6.07, 6.45) is 4.99. The number of halogens is 1. The molecule has 23 heavy (non-hydrogen) atoms. The highest BCUT2D eigenvalue weighted by Gasteiger charge is 2.36. The Morgan fingerprint density at radius 3 is 2.61 bits per heavy atom. The SMILES string of the molecule is C[C@@H]1CCCC[C@@H]1NC(=O)[C@@H]1CC(=O)N(c2ccc(Br)cc2)C1. The molecule has 3 atom stereocenters. The van der Waals surface area contributed by atoms with E-state index in [1.54, 1.807) is 4.90 Å². The maximum Gasteiger partial charge on any atom is 0.227 e. The lowest BCUT2D eigenvalue weighted by atomic mass is 9.85. The van der Waals surface area contributed by atoms with E-state index in [1.807, 2.05) is 24.3 Å². The van der Waals surface area contributed by atoms with Crippen LogP contribution in [0.15, 0.2) is 28.7 Å². The molecule has 0 bridgehead atoms. The van der Waals surface area contributed by atoms with Crippen LogP contribution in [0.4, 0.5) is 5.69 Å². The third-order valence-corrected chi connectivity index (χ3v) is 5.60. The Morgan fingerprint density at radius 1 is 1.22 bits per heavy atom. The Kier molecular flexibility index (Phi) is 5.05.